The van der Waals surface area contributed by atoms with Gasteiger partial charge in [-0.1, -0.05) is 25.5 Å². The minimum absolute atomic E-state index is 0.990. The van der Waals surface area contributed by atoms with Crippen molar-refractivity contribution in [3.05, 3.63) is 47.3 Å². The first-order valence-corrected chi connectivity index (χ1v) is 7.80. The van der Waals surface area contributed by atoms with Gasteiger partial charge in [-0.15, -0.1) is 11.8 Å². The minimum atomic E-state index is 0.990. The second kappa shape index (κ2) is 5.80. The molecule has 0 spiro atoms. The molecule has 4 heteroatoms. The molecule has 1 fully saturated rings. The smallest absolute Gasteiger partial charge is 0.136 e. The molecule has 2 aromatic heterocycles. The molecular weight excluding hydrogens is 254 g/mol. The number of nitrogens with zero attached hydrogens (tertiary/aromatic N) is 3. The third kappa shape index (κ3) is 2.85. The Morgan fingerprint density at radius 1 is 1.42 bits per heavy atom. The van der Waals surface area contributed by atoms with Gasteiger partial charge >= 0.3 is 0 Å². The Kier molecular flexibility index (Phi) is 3.89. The van der Waals surface area contributed by atoms with Crippen molar-refractivity contribution in [1.82, 2.24) is 14.3 Å². The summed E-state index contributed by atoms with van der Waals surface area (Å²) in [6.45, 7) is 4.31. The van der Waals surface area contributed by atoms with E-state index in [1.54, 1.807) is 0 Å². The quantitative estimate of drug-likeness (QED) is 0.850. The number of thioether (sulfide) groups is 1. The molecule has 1 aliphatic heterocycles. The highest BCUT2D eigenvalue weighted by Crippen LogP contribution is 2.28. The number of fused-ring (bicyclic) bond motifs is 1. The first-order chi connectivity index (χ1) is 9.36. The lowest BCUT2D eigenvalue weighted by molar-refractivity contribution is 0.351. The third-order valence-electron chi connectivity index (χ3n) is 3.37. The van der Waals surface area contributed by atoms with Crippen molar-refractivity contribution in [3.63, 3.8) is 0 Å². The van der Waals surface area contributed by atoms with Crippen molar-refractivity contribution in [3.8, 4) is 0 Å². The largest absolute Gasteiger partial charge is 0.303 e. The Morgan fingerprint density at radius 2 is 2.37 bits per heavy atom. The molecule has 0 amide bonds. The van der Waals surface area contributed by atoms with E-state index < -0.39 is 0 Å². The highest BCUT2D eigenvalue weighted by Gasteiger charge is 2.17. The van der Waals surface area contributed by atoms with Gasteiger partial charge < -0.3 is 4.40 Å². The van der Waals surface area contributed by atoms with Gasteiger partial charge in [0, 0.05) is 37.1 Å². The molecule has 3 rings (SSSR count). The van der Waals surface area contributed by atoms with Crippen LogP contribution in [0.3, 0.4) is 0 Å². The standard InChI is InChI=1S/C15H19N3S/c1-2-3-6-14-11-17(12-19-14)10-13-5-4-7-15-16-8-9-18(13)15/h4-9H,2-3,10-12H2,1H3. The van der Waals surface area contributed by atoms with Gasteiger partial charge in [-0.05, 0) is 23.5 Å². The number of pyridine rings is 1. The first kappa shape index (κ1) is 12.8. The van der Waals surface area contributed by atoms with E-state index in [9.17, 15) is 0 Å². The van der Waals surface area contributed by atoms with E-state index in [-0.39, 0.29) is 0 Å². The van der Waals surface area contributed by atoms with Gasteiger partial charge in [-0.25, -0.2) is 4.98 Å². The summed E-state index contributed by atoms with van der Waals surface area (Å²) < 4.78 is 2.18. The van der Waals surface area contributed by atoms with Crippen LogP contribution >= 0.6 is 11.8 Å². The average molecular weight is 273 g/mol. The van der Waals surface area contributed by atoms with E-state index in [4.69, 9.17) is 0 Å². The normalized spacial score (nSPS) is 18.7. The molecule has 3 nitrogen and oxygen atoms in total. The molecular formula is C15H19N3S. The van der Waals surface area contributed by atoms with Crippen LogP contribution < -0.4 is 0 Å². The van der Waals surface area contributed by atoms with Crippen molar-refractivity contribution < 1.29 is 0 Å². The number of hydrogen-bond donors (Lipinski definition) is 0. The molecule has 2 aromatic rings. The van der Waals surface area contributed by atoms with Crippen LogP contribution in [0.5, 0.6) is 0 Å². The summed E-state index contributed by atoms with van der Waals surface area (Å²) in [5, 5.41) is 0. The summed E-state index contributed by atoms with van der Waals surface area (Å²) in [6, 6.07) is 6.33. The SMILES string of the molecule is CCCC=C1CN(Cc2cccc3nccn23)CS1. The second-order valence-corrected chi connectivity index (χ2v) is 5.96. The molecule has 0 aliphatic carbocycles. The van der Waals surface area contributed by atoms with Gasteiger partial charge in [-0.3, -0.25) is 4.90 Å². The molecule has 100 valence electrons. The van der Waals surface area contributed by atoms with Crippen LogP contribution in [0, 0.1) is 0 Å². The van der Waals surface area contributed by atoms with Crippen molar-refractivity contribution in [2.75, 3.05) is 12.4 Å². The highest BCUT2D eigenvalue weighted by atomic mass is 32.2. The second-order valence-electron chi connectivity index (χ2n) is 4.89. The fraction of sp³-hybridized carbons (Fsp3) is 0.400. The lowest BCUT2D eigenvalue weighted by Crippen LogP contribution is -2.19. The molecule has 0 atom stereocenters. The zero-order valence-electron chi connectivity index (χ0n) is 11.2. The van der Waals surface area contributed by atoms with Crippen LogP contribution in [0.1, 0.15) is 25.5 Å². The van der Waals surface area contributed by atoms with Gasteiger partial charge in [0.05, 0.1) is 0 Å². The van der Waals surface area contributed by atoms with Crippen LogP contribution in [0.25, 0.3) is 5.65 Å². The zero-order chi connectivity index (χ0) is 13.1. The average Bonchev–Trinajstić information content (AvgIpc) is 3.05. The maximum Gasteiger partial charge on any atom is 0.136 e. The van der Waals surface area contributed by atoms with Gasteiger partial charge in [0.1, 0.15) is 5.65 Å². The van der Waals surface area contributed by atoms with Crippen molar-refractivity contribution in [1.29, 1.82) is 0 Å². The fourth-order valence-electron chi connectivity index (χ4n) is 2.38. The third-order valence-corrected chi connectivity index (χ3v) is 4.53. The Bertz CT molecular complexity index is 588. The van der Waals surface area contributed by atoms with Gasteiger partial charge in [0.2, 0.25) is 0 Å². The molecule has 0 unspecified atom stereocenters. The molecule has 1 saturated heterocycles. The summed E-state index contributed by atoms with van der Waals surface area (Å²) in [6.07, 6.45) is 8.74. The fourth-order valence-corrected chi connectivity index (χ4v) is 3.42. The van der Waals surface area contributed by atoms with E-state index in [1.807, 2.05) is 24.2 Å². The lowest BCUT2D eigenvalue weighted by Gasteiger charge is -2.14. The maximum atomic E-state index is 4.34. The van der Waals surface area contributed by atoms with E-state index in [0.717, 1.165) is 24.6 Å². The summed E-state index contributed by atoms with van der Waals surface area (Å²) in [4.78, 5) is 8.35. The highest BCUT2D eigenvalue weighted by molar-refractivity contribution is 8.03. The van der Waals surface area contributed by atoms with Gasteiger partial charge in [-0.2, -0.15) is 0 Å². The Balaban J connectivity index is 1.71. The molecule has 0 aromatic carbocycles. The maximum absolute atomic E-state index is 4.34. The zero-order valence-corrected chi connectivity index (χ0v) is 12.1. The number of imidazole rings is 1. The van der Waals surface area contributed by atoms with E-state index in [2.05, 4.69) is 45.5 Å². The van der Waals surface area contributed by atoms with Gasteiger partial charge in [0.15, 0.2) is 0 Å². The van der Waals surface area contributed by atoms with Crippen LogP contribution in [-0.4, -0.2) is 26.7 Å². The van der Waals surface area contributed by atoms with Gasteiger partial charge in [0.25, 0.3) is 0 Å². The number of unbranched alkanes of at least 4 members (excludes halogenated alkanes) is 1. The number of hydrogen-bond acceptors (Lipinski definition) is 3. The van der Waals surface area contributed by atoms with Crippen molar-refractivity contribution in [2.24, 2.45) is 0 Å². The van der Waals surface area contributed by atoms with E-state index >= 15 is 0 Å². The molecule has 19 heavy (non-hydrogen) atoms. The molecule has 0 saturated carbocycles. The predicted molar refractivity (Wildman–Crippen MR) is 81.1 cm³/mol. The number of rotatable bonds is 4. The Morgan fingerprint density at radius 3 is 3.26 bits per heavy atom. The monoisotopic (exact) mass is 273 g/mol. The minimum Gasteiger partial charge on any atom is -0.303 e. The lowest BCUT2D eigenvalue weighted by atomic mass is 10.3. The van der Waals surface area contributed by atoms with Crippen molar-refractivity contribution >= 4 is 17.4 Å². The number of allylic oxidation sites excluding steroid dienone is 1. The topological polar surface area (TPSA) is 20.5 Å². The van der Waals surface area contributed by atoms with Crippen LogP contribution in [0.15, 0.2) is 41.6 Å². The summed E-state index contributed by atoms with van der Waals surface area (Å²) in [7, 11) is 0. The Labute approximate surface area is 118 Å². The van der Waals surface area contributed by atoms with E-state index in [0.29, 0.717) is 0 Å². The summed E-state index contributed by atoms with van der Waals surface area (Å²) in [5.41, 5.74) is 2.35. The predicted octanol–water partition coefficient (Wildman–Crippen LogP) is 3.52. The molecule has 0 N–H and O–H groups in total. The van der Waals surface area contributed by atoms with Crippen LogP contribution in [0.4, 0.5) is 0 Å². The molecule has 0 radical (unpaired) electrons. The molecule has 3 heterocycles. The van der Waals surface area contributed by atoms with Crippen molar-refractivity contribution in [2.45, 2.75) is 26.3 Å². The van der Waals surface area contributed by atoms with Crippen LogP contribution in [-0.2, 0) is 6.54 Å². The summed E-state index contributed by atoms with van der Waals surface area (Å²) in [5.74, 6) is 1.10. The Hall–Kier alpha value is -1.26. The number of aromatic nitrogens is 2. The summed E-state index contributed by atoms with van der Waals surface area (Å²) >= 11 is 1.98. The van der Waals surface area contributed by atoms with E-state index in [1.165, 1.54) is 23.4 Å². The molecule has 0 bridgehead atoms. The molecule has 1 aliphatic rings. The van der Waals surface area contributed by atoms with Crippen LogP contribution in [0.2, 0.25) is 0 Å². The first-order valence-electron chi connectivity index (χ1n) is 6.82.